The summed E-state index contributed by atoms with van der Waals surface area (Å²) in [7, 11) is -0.770. The molecule has 1 saturated carbocycles. The topological polar surface area (TPSA) is 124 Å². The zero-order valence-electron chi connectivity index (χ0n) is 23.7. The van der Waals surface area contributed by atoms with Gasteiger partial charge in [-0.05, 0) is 60.9 Å². The van der Waals surface area contributed by atoms with Crippen LogP contribution >= 0.6 is 0 Å². The fourth-order valence-electron chi connectivity index (χ4n) is 5.15. The smallest absolute Gasteiger partial charge is 0.286 e. The molecule has 2 aromatic rings. The Morgan fingerprint density at radius 1 is 0.976 bits per heavy atom. The monoisotopic (exact) mass is 588 g/mol. The van der Waals surface area contributed by atoms with E-state index in [1.54, 1.807) is 19.2 Å². The summed E-state index contributed by atoms with van der Waals surface area (Å²) in [5.74, 6) is 1.05. The number of hydrogen-bond donors (Lipinski definition) is 2. The van der Waals surface area contributed by atoms with Gasteiger partial charge in [-0.1, -0.05) is 31.4 Å². The van der Waals surface area contributed by atoms with Crippen molar-refractivity contribution in [2.24, 2.45) is 0 Å². The number of aliphatic hydroxyl groups is 1. The number of carbonyl (C=O) groups excluding carboxylic acids is 1. The van der Waals surface area contributed by atoms with E-state index in [-0.39, 0.29) is 54.8 Å². The number of hydrogen-bond acceptors (Lipinski definition) is 8. The van der Waals surface area contributed by atoms with Gasteiger partial charge in [-0.15, -0.1) is 0 Å². The second-order valence-electron chi connectivity index (χ2n) is 10.2. The van der Waals surface area contributed by atoms with E-state index in [1.165, 1.54) is 30.0 Å². The number of benzene rings is 2. The summed E-state index contributed by atoms with van der Waals surface area (Å²) in [5.41, 5.74) is 0.981. The normalized spacial score (nSPS) is 19.8. The predicted octanol–water partition coefficient (Wildman–Crippen LogP) is 3.57. The van der Waals surface area contributed by atoms with Crippen molar-refractivity contribution in [2.45, 2.75) is 61.7 Å². The molecule has 0 spiro atoms. The molecule has 41 heavy (non-hydrogen) atoms. The van der Waals surface area contributed by atoms with E-state index >= 15 is 0 Å². The first kappa shape index (κ1) is 30.8. The number of nitrogens with one attached hydrogen (secondary N) is 1. The van der Waals surface area contributed by atoms with Crippen molar-refractivity contribution in [3.8, 4) is 11.5 Å². The number of allylic oxidation sites excluding steroid dienone is 1. The zero-order valence-corrected chi connectivity index (χ0v) is 24.5. The SMILES string of the molecule is COc1ccc([C@H]2C=C(C(=O)NC3CCCCC3)O[C@@H](OCCN(CCO)S(=O)(=O)c3ccc(OC)cc3)C2)cc1. The maximum Gasteiger partial charge on any atom is 0.286 e. The van der Waals surface area contributed by atoms with E-state index in [4.69, 9.17) is 18.9 Å². The molecule has 2 N–H and O–H groups in total. The predicted molar refractivity (Wildman–Crippen MR) is 153 cm³/mol. The Bertz CT molecular complexity index is 1260. The Hall–Kier alpha value is -3.12. The quantitative estimate of drug-likeness (QED) is 0.364. The first-order valence-corrected chi connectivity index (χ1v) is 15.5. The molecule has 0 aromatic heterocycles. The minimum atomic E-state index is -3.88. The Labute approximate surface area is 242 Å². The van der Waals surface area contributed by atoms with Gasteiger partial charge < -0.3 is 29.4 Å². The van der Waals surface area contributed by atoms with Gasteiger partial charge in [0.1, 0.15) is 11.5 Å². The number of methoxy groups -OCH3 is 2. The summed E-state index contributed by atoms with van der Waals surface area (Å²) >= 11 is 0. The van der Waals surface area contributed by atoms with E-state index in [0.717, 1.165) is 37.0 Å². The number of rotatable bonds is 13. The lowest BCUT2D eigenvalue weighted by atomic mass is 9.92. The van der Waals surface area contributed by atoms with E-state index in [2.05, 4.69) is 5.32 Å². The summed E-state index contributed by atoms with van der Waals surface area (Å²) in [6.07, 6.45) is 6.77. The number of amides is 1. The molecule has 1 aliphatic heterocycles. The van der Waals surface area contributed by atoms with Crippen molar-refractivity contribution in [3.63, 3.8) is 0 Å². The maximum absolute atomic E-state index is 13.2. The highest BCUT2D eigenvalue weighted by Gasteiger charge is 2.31. The summed E-state index contributed by atoms with van der Waals surface area (Å²) in [4.78, 5) is 13.3. The lowest BCUT2D eigenvalue weighted by molar-refractivity contribution is -0.147. The fraction of sp³-hybridized carbons (Fsp3) is 0.500. The molecule has 4 rings (SSSR count). The minimum absolute atomic E-state index is 0.00466. The molecule has 2 aliphatic rings. The highest BCUT2D eigenvalue weighted by Crippen LogP contribution is 2.33. The van der Waals surface area contributed by atoms with Crippen LogP contribution < -0.4 is 14.8 Å². The third-order valence-electron chi connectivity index (χ3n) is 7.46. The molecule has 1 amide bonds. The Kier molecular flexibility index (Phi) is 11.0. The highest BCUT2D eigenvalue weighted by molar-refractivity contribution is 7.89. The zero-order chi connectivity index (χ0) is 29.2. The van der Waals surface area contributed by atoms with Crippen LogP contribution in [0.25, 0.3) is 0 Å². The average Bonchev–Trinajstić information content (AvgIpc) is 3.01. The van der Waals surface area contributed by atoms with Crippen LogP contribution in [0.1, 0.15) is 50.0 Å². The van der Waals surface area contributed by atoms with Gasteiger partial charge in [-0.3, -0.25) is 4.79 Å². The molecule has 0 unspecified atom stereocenters. The van der Waals surface area contributed by atoms with Gasteiger partial charge in [0.15, 0.2) is 5.76 Å². The molecule has 0 saturated heterocycles. The molecular formula is C30H40N2O8S. The molecule has 1 heterocycles. The Balaban J connectivity index is 1.45. The number of ether oxygens (including phenoxy) is 4. The van der Waals surface area contributed by atoms with Crippen molar-refractivity contribution < 1.29 is 37.3 Å². The third kappa shape index (κ3) is 8.22. The van der Waals surface area contributed by atoms with E-state index in [9.17, 15) is 18.3 Å². The summed E-state index contributed by atoms with van der Waals surface area (Å²) in [6, 6.07) is 13.8. The standard InChI is InChI=1S/C30H40N2O8S/c1-37-25-10-8-22(9-11-25)23-20-28(30(34)31-24-6-4-3-5-7-24)40-29(21-23)39-19-17-32(16-18-33)41(35,36)27-14-12-26(38-2)13-15-27/h8-15,20,23-24,29,33H,3-7,16-19,21H2,1-2H3,(H,31,34)/t23-,29+/m0/s1. The van der Waals surface area contributed by atoms with Crippen molar-refractivity contribution in [2.75, 3.05) is 40.5 Å². The largest absolute Gasteiger partial charge is 0.497 e. The number of nitrogens with zero attached hydrogens (tertiary/aromatic N) is 1. The van der Waals surface area contributed by atoms with Crippen LogP contribution in [0, 0.1) is 0 Å². The van der Waals surface area contributed by atoms with Gasteiger partial charge in [-0.25, -0.2) is 8.42 Å². The van der Waals surface area contributed by atoms with Crippen molar-refractivity contribution >= 4 is 15.9 Å². The molecule has 1 fully saturated rings. The van der Waals surface area contributed by atoms with E-state index < -0.39 is 16.3 Å². The van der Waals surface area contributed by atoms with Crippen LogP contribution in [0.5, 0.6) is 11.5 Å². The van der Waals surface area contributed by atoms with Crippen LogP contribution in [0.15, 0.2) is 65.3 Å². The molecule has 10 nitrogen and oxygen atoms in total. The van der Waals surface area contributed by atoms with Gasteiger partial charge in [-0.2, -0.15) is 4.31 Å². The Morgan fingerprint density at radius 3 is 2.22 bits per heavy atom. The molecule has 0 bridgehead atoms. The molecule has 11 heteroatoms. The minimum Gasteiger partial charge on any atom is -0.497 e. The molecule has 224 valence electrons. The molecule has 2 aromatic carbocycles. The van der Waals surface area contributed by atoms with Gasteiger partial charge in [0, 0.05) is 31.5 Å². The second kappa shape index (κ2) is 14.7. The van der Waals surface area contributed by atoms with Gasteiger partial charge in [0.25, 0.3) is 5.91 Å². The number of carbonyl (C=O) groups is 1. The van der Waals surface area contributed by atoms with E-state index in [1.807, 2.05) is 30.3 Å². The molecule has 1 aliphatic carbocycles. The average molecular weight is 589 g/mol. The highest BCUT2D eigenvalue weighted by atomic mass is 32.2. The van der Waals surface area contributed by atoms with Crippen molar-refractivity contribution in [1.29, 1.82) is 0 Å². The second-order valence-corrected chi connectivity index (χ2v) is 12.1. The van der Waals surface area contributed by atoms with Crippen LogP contribution in [0.2, 0.25) is 0 Å². The van der Waals surface area contributed by atoms with Gasteiger partial charge in [0.2, 0.25) is 16.3 Å². The van der Waals surface area contributed by atoms with Crippen molar-refractivity contribution in [1.82, 2.24) is 9.62 Å². The molecule has 0 radical (unpaired) electrons. The Morgan fingerprint density at radius 2 is 1.61 bits per heavy atom. The van der Waals surface area contributed by atoms with Crippen molar-refractivity contribution in [3.05, 3.63) is 65.9 Å². The first-order valence-electron chi connectivity index (χ1n) is 14.0. The van der Waals surface area contributed by atoms with Gasteiger partial charge in [0.05, 0.1) is 32.3 Å². The van der Waals surface area contributed by atoms with Crippen LogP contribution in [0.3, 0.4) is 0 Å². The fourth-order valence-corrected chi connectivity index (χ4v) is 6.57. The molecule has 2 atom stereocenters. The third-order valence-corrected chi connectivity index (χ3v) is 9.37. The number of aliphatic hydroxyl groups excluding tert-OH is 1. The maximum atomic E-state index is 13.2. The summed E-state index contributed by atoms with van der Waals surface area (Å²) in [6.45, 7) is -0.433. The summed E-state index contributed by atoms with van der Waals surface area (Å²) < 4.78 is 50.1. The molecular weight excluding hydrogens is 548 g/mol. The lowest BCUT2D eigenvalue weighted by Gasteiger charge is -2.31. The summed E-state index contributed by atoms with van der Waals surface area (Å²) in [5, 5.41) is 12.7. The van der Waals surface area contributed by atoms with Crippen LogP contribution in [-0.2, 0) is 24.3 Å². The first-order chi connectivity index (χ1) is 19.8. The van der Waals surface area contributed by atoms with Crippen LogP contribution in [0.4, 0.5) is 0 Å². The van der Waals surface area contributed by atoms with Gasteiger partial charge >= 0.3 is 0 Å². The lowest BCUT2D eigenvalue weighted by Crippen LogP contribution is -2.40. The van der Waals surface area contributed by atoms with Crippen LogP contribution in [-0.4, -0.2) is 76.6 Å². The van der Waals surface area contributed by atoms with E-state index in [0.29, 0.717) is 12.2 Å². The number of sulfonamides is 1.